The van der Waals surface area contributed by atoms with E-state index in [1.807, 2.05) is 48.5 Å². The lowest BCUT2D eigenvalue weighted by molar-refractivity contribution is 0.670. The standard InChI is InChI=1S/C53H33N3O/c1-3-10-34(11-4-1)35-18-22-38(23-19-35)52-54-51(37-12-5-2-6-13-37)55-53(56-52)39-24-20-36(21-25-39)40-28-30-44-41(32-40)26-27-42-33-43(29-31-45(42)44)46-15-9-16-48-47-14-7-8-17-49(47)57-50(46)48/h1-33H. The normalized spacial score (nSPS) is 11.5. The summed E-state index contributed by atoms with van der Waals surface area (Å²) >= 11 is 0. The zero-order chi connectivity index (χ0) is 37.7. The molecule has 9 aromatic carbocycles. The Balaban J connectivity index is 0.914. The number of para-hydroxylation sites is 2. The molecule has 0 aliphatic heterocycles. The van der Waals surface area contributed by atoms with Crippen molar-refractivity contribution in [3.8, 4) is 67.5 Å². The van der Waals surface area contributed by atoms with Gasteiger partial charge in [0.15, 0.2) is 17.5 Å². The molecule has 2 aromatic heterocycles. The number of nitrogens with zero attached hydrogens (tertiary/aromatic N) is 3. The summed E-state index contributed by atoms with van der Waals surface area (Å²) < 4.78 is 6.36. The Morgan fingerprint density at radius 3 is 1.35 bits per heavy atom. The SMILES string of the molecule is c1ccc(-c2ccc(-c3nc(-c4ccccc4)nc(-c4ccc(-c5ccc6c(ccc7cc(-c8cccc9c8oc8ccccc89)ccc76)c5)cc4)n3)cc2)cc1. The van der Waals surface area contributed by atoms with Gasteiger partial charge in [0.2, 0.25) is 0 Å². The first-order chi connectivity index (χ1) is 28.2. The van der Waals surface area contributed by atoms with Gasteiger partial charge in [0.05, 0.1) is 0 Å². The number of fused-ring (bicyclic) bond motifs is 6. The van der Waals surface area contributed by atoms with Gasteiger partial charge in [-0.3, -0.25) is 0 Å². The fourth-order valence-electron chi connectivity index (χ4n) is 8.00. The molecule has 0 fully saturated rings. The minimum atomic E-state index is 0.637. The van der Waals surface area contributed by atoms with Gasteiger partial charge >= 0.3 is 0 Å². The third kappa shape index (κ3) is 5.92. The molecule has 266 valence electrons. The molecule has 4 nitrogen and oxygen atoms in total. The van der Waals surface area contributed by atoms with Crippen LogP contribution in [0.1, 0.15) is 0 Å². The van der Waals surface area contributed by atoms with E-state index in [1.54, 1.807) is 0 Å². The molecular formula is C53H33N3O. The Labute approximate surface area is 329 Å². The first-order valence-corrected chi connectivity index (χ1v) is 19.2. The first-order valence-electron chi connectivity index (χ1n) is 19.2. The third-order valence-electron chi connectivity index (χ3n) is 10.9. The van der Waals surface area contributed by atoms with Crippen LogP contribution in [0.4, 0.5) is 0 Å². The Hall–Kier alpha value is -7.69. The largest absolute Gasteiger partial charge is 0.455 e. The molecule has 4 heteroatoms. The fraction of sp³-hybridized carbons (Fsp3) is 0. The molecule has 0 saturated heterocycles. The van der Waals surface area contributed by atoms with E-state index in [0.717, 1.165) is 66.4 Å². The third-order valence-corrected chi connectivity index (χ3v) is 10.9. The van der Waals surface area contributed by atoms with E-state index in [9.17, 15) is 0 Å². The molecule has 11 aromatic rings. The van der Waals surface area contributed by atoms with Crippen molar-refractivity contribution in [3.05, 3.63) is 200 Å². The average molecular weight is 728 g/mol. The molecule has 0 bridgehead atoms. The summed E-state index contributed by atoms with van der Waals surface area (Å²) in [4.78, 5) is 14.9. The van der Waals surface area contributed by atoms with Gasteiger partial charge < -0.3 is 4.42 Å². The van der Waals surface area contributed by atoms with Crippen molar-refractivity contribution in [1.29, 1.82) is 0 Å². The van der Waals surface area contributed by atoms with Crippen molar-refractivity contribution >= 4 is 43.5 Å². The van der Waals surface area contributed by atoms with Crippen LogP contribution in [0.5, 0.6) is 0 Å². The van der Waals surface area contributed by atoms with Gasteiger partial charge in [0, 0.05) is 33.0 Å². The van der Waals surface area contributed by atoms with Crippen molar-refractivity contribution in [2.75, 3.05) is 0 Å². The summed E-state index contributed by atoms with van der Waals surface area (Å²) in [6.45, 7) is 0. The summed E-state index contributed by atoms with van der Waals surface area (Å²) in [5.74, 6) is 1.92. The molecule has 0 saturated carbocycles. The fourth-order valence-corrected chi connectivity index (χ4v) is 8.00. The number of benzene rings is 9. The van der Waals surface area contributed by atoms with E-state index in [2.05, 4.69) is 152 Å². The van der Waals surface area contributed by atoms with Crippen LogP contribution in [-0.2, 0) is 0 Å². The van der Waals surface area contributed by atoms with Gasteiger partial charge in [-0.25, -0.2) is 15.0 Å². The van der Waals surface area contributed by atoms with Crippen LogP contribution in [0, 0.1) is 0 Å². The second-order valence-corrected chi connectivity index (χ2v) is 14.4. The predicted molar refractivity (Wildman–Crippen MR) is 235 cm³/mol. The maximum atomic E-state index is 6.36. The second kappa shape index (κ2) is 13.6. The maximum absolute atomic E-state index is 6.36. The van der Waals surface area contributed by atoms with Crippen LogP contribution in [0.25, 0.3) is 111 Å². The van der Waals surface area contributed by atoms with Crippen molar-refractivity contribution in [3.63, 3.8) is 0 Å². The van der Waals surface area contributed by atoms with Crippen LogP contribution in [-0.4, -0.2) is 15.0 Å². The zero-order valence-electron chi connectivity index (χ0n) is 30.8. The molecule has 57 heavy (non-hydrogen) atoms. The lowest BCUT2D eigenvalue weighted by Crippen LogP contribution is -2.00. The Morgan fingerprint density at radius 1 is 0.281 bits per heavy atom. The van der Waals surface area contributed by atoms with Crippen LogP contribution >= 0.6 is 0 Å². The van der Waals surface area contributed by atoms with Gasteiger partial charge in [-0.1, -0.05) is 182 Å². The molecule has 0 radical (unpaired) electrons. The van der Waals surface area contributed by atoms with Crippen LogP contribution in [0.2, 0.25) is 0 Å². The molecular weight excluding hydrogens is 695 g/mol. The van der Waals surface area contributed by atoms with E-state index in [0.29, 0.717) is 17.5 Å². The van der Waals surface area contributed by atoms with E-state index >= 15 is 0 Å². The van der Waals surface area contributed by atoms with E-state index in [4.69, 9.17) is 19.4 Å². The van der Waals surface area contributed by atoms with Crippen molar-refractivity contribution < 1.29 is 4.42 Å². The number of furan rings is 1. The van der Waals surface area contributed by atoms with E-state index in [1.165, 1.54) is 27.1 Å². The molecule has 11 rings (SSSR count). The van der Waals surface area contributed by atoms with Crippen LogP contribution in [0.3, 0.4) is 0 Å². The number of aromatic nitrogens is 3. The van der Waals surface area contributed by atoms with Gasteiger partial charge in [-0.05, 0) is 67.6 Å². The second-order valence-electron chi connectivity index (χ2n) is 14.4. The lowest BCUT2D eigenvalue weighted by Gasteiger charge is -2.11. The lowest BCUT2D eigenvalue weighted by atomic mass is 9.94. The summed E-state index contributed by atoms with van der Waals surface area (Å²) in [6.07, 6.45) is 0. The number of rotatable bonds is 6. The average Bonchev–Trinajstić information content (AvgIpc) is 3.68. The number of hydrogen-bond acceptors (Lipinski definition) is 4. The topological polar surface area (TPSA) is 51.8 Å². The van der Waals surface area contributed by atoms with Gasteiger partial charge in [0.25, 0.3) is 0 Å². The highest BCUT2D eigenvalue weighted by Gasteiger charge is 2.15. The minimum absolute atomic E-state index is 0.637. The van der Waals surface area contributed by atoms with Crippen LogP contribution in [0.15, 0.2) is 205 Å². The summed E-state index contributed by atoms with van der Waals surface area (Å²) in [6, 6.07) is 70.0. The first kappa shape index (κ1) is 32.7. The molecule has 0 N–H and O–H groups in total. The number of hydrogen-bond donors (Lipinski definition) is 0. The highest BCUT2D eigenvalue weighted by atomic mass is 16.3. The molecule has 0 aliphatic rings. The summed E-state index contributed by atoms with van der Waals surface area (Å²) in [7, 11) is 0. The van der Waals surface area contributed by atoms with Crippen molar-refractivity contribution in [2.24, 2.45) is 0 Å². The molecule has 0 aliphatic carbocycles. The van der Waals surface area contributed by atoms with E-state index in [-0.39, 0.29) is 0 Å². The van der Waals surface area contributed by atoms with E-state index < -0.39 is 0 Å². The predicted octanol–water partition coefficient (Wildman–Crippen LogP) is 14.1. The quantitative estimate of drug-likeness (QED) is 0.160. The van der Waals surface area contributed by atoms with Crippen molar-refractivity contribution in [1.82, 2.24) is 15.0 Å². The Kier molecular flexibility index (Phi) is 7.78. The Morgan fingerprint density at radius 2 is 0.719 bits per heavy atom. The van der Waals surface area contributed by atoms with Crippen molar-refractivity contribution in [2.45, 2.75) is 0 Å². The molecule has 0 spiro atoms. The zero-order valence-corrected chi connectivity index (χ0v) is 30.8. The molecule has 0 atom stereocenters. The monoisotopic (exact) mass is 727 g/mol. The molecule has 0 amide bonds. The molecule has 2 heterocycles. The van der Waals surface area contributed by atoms with Gasteiger partial charge in [-0.2, -0.15) is 0 Å². The summed E-state index contributed by atoms with van der Waals surface area (Å²) in [5.41, 5.74) is 11.5. The highest BCUT2D eigenvalue weighted by Crippen LogP contribution is 2.38. The summed E-state index contributed by atoms with van der Waals surface area (Å²) in [5, 5.41) is 7.13. The van der Waals surface area contributed by atoms with Crippen LogP contribution < -0.4 is 0 Å². The highest BCUT2D eigenvalue weighted by molar-refractivity contribution is 6.12. The smallest absolute Gasteiger partial charge is 0.164 e. The Bertz CT molecular complexity index is 3260. The maximum Gasteiger partial charge on any atom is 0.164 e. The molecule has 0 unspecified atom stereocenters. The van der Waals surface area contributed by atoms with Gasteiger partial charge in [-0.15, -0.1) is 0 Å². The minimum Gasteiger partial charge on any atom is -0.455 e. The van der Waals surface area contributed by atoms with Gasteiger partial charge in [0.1, 0.15) is 11.2 Å².